The van der Waals surface area contributed by atoms with E-state index in [0.717, 1.165) is 22.3 Å². The van der Waals surface area contributed by atoms with Crippen LogP contribution in [0.25, 0.3) is 11.1 Å². The van der Waals surface area contributed by atoms with Crippen molar-refractivity contribution in [3.63, 3.8) is 0 Å². The molecule has 1 N–H and O–H groups in total. The Labute approximate surface area is 176 Å². The minimum absolute atomic E-state index is 0. The molecule has 1 heterocycles. The van der Waals surface area contributed by atoms with E-state index in [4.69, 9.17) is 4.74 Å². The number of carboxylic acid groups (broad SMARTS) is 1. The normalized spacial score (nSPS) is 20.2. The predicted molar refractivity (Wildman–Crippen MR) is 113 cm³/mol. The second-order valence-corrected chi connectivity index (χ2v) is 7.66. The van der Waals surface area contributed by atoms with E-state index in [1.165, 1.54) is 4.90 Å². The van der Waals surface area contributed by atoms with Gasteiger partial charge in [-0.15, -0.1) is 12.4 Å². The second kappa shape index (κ2) is 8.43. The lowest BCUT2D eigenvalue weighted by Gasteiger charge is -2.23. The zero-order valence-corrected chi connectivity index (χ0v) is 17.3. The summed E-state index contributed by atoms with van der Waals surface area (Å²) in [6, 6.07) is 15.4. The van der Waals surface area contributed by atoms with Crippen LogP contribution in [0.2, 0.25) is 0 Å². The lowest BCUT2D eigenvalue weighted by Crippen LogP contribution is -2.41. The lowest BCUT2D eigenvalue weighted by atomic mass is 9.98. The Morgan fingerprint density at radius 1 is 1.07 bits per heavy atom. The number of hydrogen-bond donors (Lipinski definition) is 1. The van der Waals surface area contributed by atoms with Crippen molar-refractivity contribution in [2.24, 2.45) is 0 Å². The van der Waals surface area contributed by atoms with Crippen molar-refractivity contribution in [3.05, 3.63) is 59.7 Å². The molecule has 1 fully saturated rings. The van der Waals surface area contributed by atoms with Crippen molar-refractivity contribution in [2.45, 2.75) is 24.4 Å². The number of rotatable bonds is 4. The summed E-state index contributed by atoms with van der Waals surface area (Å²) in [5, 5.41) is 9.50. The van der Waals surface area contributed by atoms with Gasteiger partial charge in [0.1, 0.15) is 12.6 Å². The number of carbonyl (C=O) groups is 2. The summed E-state index contributed by atoms with van der Waals surface area (Å²) in [6.07, 6.45) is -0.148. The zero-order valence-electron chi connectivity index (χ0n) is 16.4. The van der Waals surface area contributed by atoms with Crippen LogP contribution in [0.1, 0.15) is 23.5 Å². The molecule has 1 amide bonds. The van der Waals surface area contributed by atoms with E-state index in [2.05, 4.69) is 24.3 Å². The maximum atomic E-state index is 12.7. The van der Waals surface area contributed by atoms with E-state index in [0.29, 0.717) is 13.0 Å². The Kier molecular flexibility index (Phi) is 6.15. The number of halogens is 1. The molecule has 1 saturated heterocycles. The van der Waals surface area contributed by atoms with E-state index in [1.54, 1.807) is 0 Å². The summed E-state index contributed by atoms with van der Waals surface area (Å²) >= 11 is 0. The van der Waals surface area contributed by atoms with E-state index in [1.807, 2.05) is 43.3 Å². The van der Waals surface area contributed by atoms with E-state index in [-0.39, 0.29) is 31.0 Å². The summed E-state index contributed by atoms with van der Waals surface area (Å²) in [4.78, 5) is 27.6. The van der Waals surface area contributed by atoms with Crippen LogP contribution in [0, 0.1) is 0 Å². The summed E-state index contributed by atoms with van der Waals surface area (Å²) in [6.45, 7) is 0.559. The lowest BCUT2D eigenvalue weighted by molar-refractivity contribution is -0.141. The summed E-state index contributed by atoms with van der Waals surface area (Å²) < 4.78 is 5.64. The molecule has 0 bridgehead atoms. The number of likely N-dealkylation sites (N-methyl/N-ethyl adjacent to an activating group) is 1. The Morgan fingerprint density at radius 3 is 2.14 bits per heavy atom. The van der Waals surface area contributed by atoms with Crippen molar-refractivity contribution < 1.29 is 19.4 Å². The highest BCUT2D eigenvalue weighted by Crippen LogP contribution is 2.44. The van der Waals surface area contributed by atoms with Gasteiger partial charge < -0.3 is 14.7 Å². The molecule has 4 rings (SSSR count). The van der Waals surface area contributed by atoms with Gasteiger partial charge in [-0.25, -0.2) is 9.59 Å². The average Bonchev–Trinajstić information content (AvgIpc) is 3.27. The molecule has 7 heteroatoms. The predicted octanol–water partition coefficient (Wildman–Crippen LogP) is 3.45. The smallest absolute Gasteiger partial charge is 0.410 e. The Bertz CT molecular complexity index is 872. The number of carbonyl (C=O) groups excluding carboxylic acids is 1. The van der Waals surface area contributed by atoms with Crippen LogP contribution in [0.3, 0.4) is 0 Å². The largest absolute Gasteiger partial charge is 0.480 e. The fourth-order valence-corrected chi connectivity index (χ4v) is 4.30. The Hall–Kier alpha value is -2.57. The first-order chi connectivity index (χ1) is 13.5. The zero-order chi connectivity index (χ0) is 19.8. The van der Waals surface area contributed by atoms with E-state index in [9.17, 15) is 14.7 Å². The van der Waals surface area contributed by atoms with E-state index >= 15 is 0 Å². The molecule has 2 aromatic rings. The highest BCUT2D eigenvalue weighted by molar-refractivity contribution is 5.85. The average molecular weight is 417 g/mol. The molecule has 2 atom stereocenters. The van der Waals surface area contributed by atoms with Crippen molar-refractivity contribution in [1.82, 2.24) is 9.80 Å². The van der Waals surface area contributed by atoms with Crippen LogP contribution >= 0.6 is 12.4 Å². The number of aliphatic carboxylic acids is 1. The molecule has 0 radical (unpaired) electrons. The van der Waals surface area contributed by atoms with Gasteiger partial charge in [0.25, 0.3) is 0 Å². The summed E-state index contributed by atoms with van der Waals surface area (Å²) in [7, 11) is 3.79. The van der Waals surface area contributed by atoms with Crippen molar-refractivity contribution in [2.75, 3.05) is 27.2 Å². The van der Waals surface area contributed by atoms with Gasteiger partial charge in [0.05, 0.1) is 0 Å². The Balaban J connectivity index is 0.00000240. The first kappa shape index (κ1) is 21.1. The molecule has 2 aromatic carbocycles. The van der Waals surface area contributed by atoms with Gasteiger partial charge in [0.2, 0.25) is 0 Å². The molecule has 29 heavy (non-hydrogen) atoms. The number of amides is 1. The molecule has 154 valence electrons. The topological polar surface area (TPSA) is 70.1 Å². The van der Waals surface area contributed by atoms with Crippen LogP contribution in [-0.4, -0.2) is 66.3 Å². The maximum absolute atomic E-state index is 12.7. The number of fused-ring (bicyclic) bond motifs is 3. The molecule has 0 aromatic heterocycles. The quantitative estimate of drug-likeness (QED) is 0.826. The third kappa shape index (κ3) is 3.82. The summed E-state index contributed by atoms with van der Waals surface area (Å²) in [5.41, 5.74) is 4.60. The summed E-state index contributed by atoms with van der Waals surface area (Å²) in [5.74, 6) is -1.02. The van der Waals surface area contributed by atoms with Gasteiger partial charge in [-0.3, -0.25) is 4.90 Å². The van der Waals surface area contributed by atoms with Crippen LogP contribution < -0.4 is 0 Å². The number of likely N-dealkylation sites (tertiary alicyclic amines) is 1. The molecule has 6 nitrogen and oxygen atoms in total. The van der Waals surface area contributed by atoms with Gasteiger partial charge in [-0.05, 0) is 42.8 Å². The first-order valence-corrected chi connectivity index (χ1v) is 9.48. The number of ether oxygens (including phenoxy) is 1. The van der Waals surface area contributed by atoms with Crippen LogP contribution in [0.4, 0.5) is 4.79 Å². The van der Waals surface area contributed by atoms with Gasteiger partial charge >= 0.3 is 12.1 Å². The third-order valence-electron chi connectivity index (χ3n) is 5.86. The van der Waals surface area contributed by atoms with Gasteiger partial charge in [-0.1, -0.05) is 48.5 Å². The SMILES string of the molecule is CN(C)[C@H]1C[C@@H](C(=O)O)N(C(=O)OCC2c3ccccc3-c3ccccc32)C1.Cl. The molecular formula is C22H25ClN2O4. The number of carboxylic acids is 1. The minimum atomic E-state index is -0.988. The highest BCUT2D eigenvalue weighted by atomic mass is 35.5. The number of hydrogen-bond acceptors (Lipinski definition) is 4. The van der Waals surface area contributed by atoms with Crippen molar-refractivity contribution in [1.29, 1.82) is 0 Å². The van der Waals surface area contributed by atoms with Crippen molar-refractivity contribution >= 4 is 24.5 Å². The van der Waals surface area contributed by atoms with Gasteiger partial charge in [0, 0.05) is 18.5 Å². The molecule has 0 spiro atoms. The molecule has 1 aliphatic heterocycles. The maximum Gasteiger partial charge on any atom is 0.410 e. The van der Waals surface area contributed by atoms with Crippen LogP contribution in [-0.2, 0) is 9.53 Å². The standard InChI is InChI=1S/C22H24N2O4.ClH/c1-23(2)14-11-20(21(25)26)24(12-14)22(27)28-13-19-17-9-5-3-7-15(17)16-8-4-6-10-18(16)19;/h3-10,14,19-20H,11-13H2,1-2H3,(H,25,26);1H/t14-,20-;/m0./s1. The fourth-order valence-electron chi connectivity index (χ4n) is 4.30. The second-order valence-electron chi connectivity index (χ2n) is 7.66. The van der Waals surface area contributed by atoms with Crippen molar-refractivity contribution in [3.8, 4) is 11.1 Å². The molecule has 0 saturated carbocycles. The van der Waals surface area contributed by atoms with E-state index < -0.39 is 18.1 Å². The Morgan fingerprint density at radius 2 is 1.62 bits per heavy atom. The molecule has 1 aliphatic carbocycles. The van der Waals surface area contributed by atoms with Crippen LogP contribution in [0.5, 0.6) is 0 Å². The fraction of sp³-hybridized carbons (Fsp3) is 0.364. The van der Waals surface area contributed by atoms with Crippen LogP contribution in [0.15, 0.2) is 48.5 Å². The molecule has 2 aliphatic rings. The monoisotopic (exact) mass is 416 g/mol. The van der Waals surface area contributed by atoms with Gasteiger partial charge in [-0.2, -0.15) is 0 Å². The number of nitrogens with zero attached hydrogens (tertiary/aromatic N) is 2. The highest BCUT2D eigenvalue weighted by Gasteiger charge is 2.41. The molecule has 0 unspecified atom stereocenters. The third-order valence-corrected chi connectivity index (χ3v) is 5.86. The molecular weight excluding hydrogens is 392 g/mol. The minimum Gasteiger partial charge on any atom is -0.480 e. The number of benzene rings is 2. The van der Waals surface area contributed by atoms with Gasteiger partial charge in [0.15, 0.2) is 0 Å². The first-order valence-electron chi connectivity index (χ1n) is 9.48.